The first-order chi connectivity index (χ1) is 8.39. The molecule has 1 aromatic carbocycles. The largest absolute Gasteiger partial charge is 0.354 e. The third kappa shape index (κ3) is 2.56. The zero-order chi connectivity index (χ0) is 13.3. The monoisotopic (exact) mass is 260 g/mol. The highest BCUT2D eigenvalue weighted by molar-refractivity contribution is 7.80. The molecule has 3 heteroatoms. The summed E-state index contributed by atoms with van der Waals surface area (Å²) in [5.41, 5.74) is 2.35. The second kappa shape index (κ2) is 4.73. The van der Waals surface area contributed by atoms with Crippen LogP contribution in [0.1, 0.15) is 26.3 Å². The minimum Gasteiger partial charge on any atom is -0.354 e. The van der Waals surface area contributed by atoms with E-state index in [-0.39, 0.29) is 11.6 Å². The molecule has 18 heavy (non-hydrogen) atoms. The fraction of sp³-hybridized carbons (Fsp3) is 0.400. The Kier molecular flexibility index (Phi) is 3.44. The Balaban J connectivity index is 2.14. The molecule has 1 aliphatic heterocycles. The molecule has 1 saturated heterocycles. The third-order valence-corrected chi connectivity index (χ3v) is 3.44. The Bertz CT molecular complexity index is 459. The SMILES string of the molecule is C=C1C(Cc2ccccc2)NC(=S)N1C(C)(C)C. The minimum absolute atomic E-state index is 0.0212. The first kappa shape index (κ1) is 13.1. The number of hydrogen-bond donors (Lipinski definition) is 1. The van der Waals surface area contributed by atoms with Gasteiger partial charge in [-0.05, 0) is 45.0 Å². The molecule has 1 N–H and O–H groups in total. The van der Waals surface area contributed by atoms with E-state index in [4.69, 9.17) is 12.2 Å². The van der Waals surface area contributed by atoms with Crippen LogP contribution in [0.2, 0.25) is 0 Å². The summed E-state index contributed by atoms with van der Waals surface area (Å²) in [6.45, 7) is 10.7. The van der Waals surface area contributed by atoms with E-state index in [0.717, 1.165) is 17.2 Å². The molecule has 1 unspecified atom stereocenters. The molecule has 0 amide bonds. The number of hydrogen-bond acceptors (Lipinski definition) is 1. The van der Waals surface area contributed by atoms with Crippen molar-refractivity contribution in [2.24, 2.45) is 0 Å². The Hall–Kier alpha value is -1.35. The molecule has 1 aliphatic rings. The highest BCUT2D eigenvalue weighted by atomic mass is 32.1. The summed E-state index contributed by atoms with van der Waals surface area (Å²) >= 11 is 5.41. The average Bonchev–Trinajstić information content (AvgIpc) is 2.54. The van der Waals surface area contributed by atoms with Gasteiger partial charge >= 0.3 is 0 Å². The van der Waals surface area contributed by atoms with Crippen LogP contribution in [0.3, 0.4) is 0 Å². The van der Waals surface area contributed by atoms with Crippen LogP contribution in [0.15, 0.2) is 42.6 Å². The van der Waals surface area contributed by atoms with Crippen molar-refractivity contribution in [3.8, 4) is 0 Å². The number of nitrogens with zero attached hydrogens (tertiary/aromatic N) is 1. The highest BCUT2D eigenvalue weighted by Gasteiger charge is 2.36. The van der Waals surface area contributed by atoms with E-state index in [9.17, 15) is 0 Å². The van der Waals surface area contributed by atoms with Crippen LogP contribution in [0.4, 0.5) is 0 Å². The Labute approximate surface area is 115 Å². The van der Waals surface area contributed by atoms with Gasteiger partial charge in [-0.25, -0.2) is 0 Å². The van der Waals surface area contributed by atoms with Crippen LogP contribution in [-0.4, -0.2) is 21.6 Å². The maximum Gasteiger partial charge on any atom is 0.174 e. The lowest BCUT2D eigenvalue weighted by atomic mass is 10.0. The van der Waals surface area contributed by atoms with E-state index in [2.05, 4.69) is 61.8 Å². The predicted octanol–water partition coefficient (Wildman–Crippen LogP) is 3.10. The Morgan fingerprint density at radius 2 is 1.89 bits per heavy atom. The summed E-state index contributed by atoms with van der Waals surface area (Å²) in [5.74, 6) is 0. The smallest absolute Gasteiger partial charge is 0.174 e. The van der Waals surface area contributed by atoms with Gasteiger partial charge < -0.3 is 10.2 Å². The second-order valence-corrected chi connectivity index (χ2v) is 6.08. The van der Waals surface area contributed by atoms with E-state index in [1.54, 1.807) is 0 Å². The van der Waals surface area contributed by atoms with Gasteiger partial charge in [0.1, 0.15) is 0 Å². The number of benzene rings is 1. The summed E-state index contributed by atoms with van der Waals surface area (Å²) in [7, 11) is 0. The maximum atomic E-state index is 5.41. The predicted molar refractivity (Wildman–Crippen MR) is 80.4 cm³/mol. The van der Waals surface area contributed by atoms with Crippen molar-refractivity contribution >= 4 is 17.3 Å². The van der Waals surface area contributed by atoms with Crippen molar-refractivity contribution in [2.45, 2.75) is 38.8 Å². The van der Waals surface area contributed by atoms with Gasteiger partial charge in [0.25, 0.3) is 0 Å². The molecule has 0 aromatic heterocycles. The van der Waals surface area contributed by atoms with Gasteiger partial charge in [0.15, 0.2) is 5.11 Å². The van der Waals surface area contributed by atoms with Gasteiger partial charge in [0, 0.05) is 11.2 Å². The van der Waals surface area contributed by atoms with Crippen molar-refractivity contribution in [1.82, 2.24) is 10.2 Å². The fourth-order valence-electron chi connectivity index (χ4n) is 2.34. The second-order valence-electron chi connectivity index (χ2n) is 5.69. The van der Waals surface area contributed by atoms with Crippen molar-refractivity contribution in [3.63, 3.8) is 0 Å². The topological polar surface area (TPSA) is 15.3 Å². The van der Waals surface area contributed by atoms with Crippen LogP contribution in [0.25, 0.3) is 0 Å². The zero-order valence-electron chi connectivity index (χ0n) is 11.2. The van der Waals surface area contributed by atoms with Gasteiger partial charge in [0.05, 0.1) is 6.04 Å². The molecule has 2 nitrogen and oxygen atoms in total. The molecule has 0 saturated carbocycles. The standard InChI is InChI=1S/C15H20N2S/c1-11-13(10-12-8-6-5-7-9-12)16-14(18)17(11)15(2,3)4/h5-9,13H,1,10H2,2-4H3,(H,16,18). The lowest BCUT2D eigenvalue weighted by Crippen LogP contribution is -2.42. The summed E-state index contributed by atoms with van der Waals surface area (Å²) in [4.78, 5) is 2.12. The minimum atomic E-state index is -0.0212. The van der Waals surface area contributed by atoms with Gasteiger partial charge in [-0.3, -0.25) is 0 Å². The fourth-order valence-corrected chi connectivity index (χ4v) is 2.87. The molecule has 1 fully saturated rings. The van der Waals surface area contributed by atoms with Crippen LogP contribution < -0.4 is 5.32 Å². The molecule has 1 atom stereocenters. The van der Waals surface area contributed by atoms with E-state index in [0.29, 0.717) is 0 Å². The lowest BCUT2D eigenvalue weighted by Gasteiger charge is -2.33. The molecule has 1 aromatic rings. The van der Waals surface area contributed by atoms with Gasteiger partial charge in [-0.15, -0.1) is 0 Å². The van der Waals surface area contributed by atoms with E-state index in [1.165, 1.54) is 5.56 Å². The van der Waals surface area contributed by atoms with Crippen LogP contribution in [0.5, 0.6) is 0 Å². The normalized spacial score (nSPS) is 20.2. The van der Waals surface area contributed by atoms with Gasteiger partial charge in [-0.2, -0.15) is 0 Å². The molecular formula is C15H20N2S. The molecule has 0 radical (unpaired) electrons. The maximum absolute atomic E-state index is 5.41. The van der Waals surface area contributed by atoms with E-state index >= 15 is 0 Å². The molecule has 0 bridgehead atoms. The molecule has 1 heterocycles. The van der Waals surface area contributed by atoms with Crippen LogP contribution in [0, 0.1) is 0 Å². The van der Waals surface area contributed by atoms with Crippen molar-refractivity contribution < 1.29 is 0 Å². The van der Waals surface area contributed by atoms with E-state index < -0.39 is 0 Å². The third-order valence-electron chi connectivity index (χ3n) is 3.14. The average molecular weight is 260 g/mol. The van der Waals surface area contributed by atoms with Gasteiger partial charge in [0.2, 0.25) is 0 Å². The van der Waals surface area contributed by atoms with Crippen LogP contribution in [-0.2, 0) is 6.42 Å². The van der Waals surface area contributed by atoms with Crippen LogP contribution >= 0.6 is 12.2 Å². The number of thiocarbonyl (C=S) groups is 1. The lowest BCUT2D eigenvalue weighted by molar-refractivity contribution is 0.299. The number of nitrogens with one attached hydrogen (secondary N) is 1. The first-order valence-electron chi connectivity index (χ1n) is 6.23. The number of rotatable bonds is 2. The van der Waals surface area contributed by atoms with E-state index in [1.807, 2.05) is 6.07 Å². The van der Waals surface area contributed by atoms with Crippen molar-refractivity contribution in [3.05, 3.63) is 48.2 Å². The zero-order valence-corrected chi connectivity index (χ0v) is 12.1. The van der Waals surface area contributed by atoms with Gasteiger partial charge in [-0.1, -0.05) is 36.9 Å². The Morgan fingerprint density at radius 3 is 2.39 bits per heavy atom. The molecule has 0 aliphatic carbocycles. The molecular weight excluding hydrogens is 240 g/mol. The summed E-state index contributed by atoms with van der Waals surface area (Å²) < 4.78 is 0. The summed E-state index contributed by atoms with van der Waals surface area (Å²) in [5, 5.41) is 4.15. The first-order valence-corrected chi connectivity index (χ1v) is 6.64. The summed E-state index contributed by atoms with van der Waals surface area (Å²) in [6, 6.07) is 10.6. The molecule has 2 rings (SSSR count). The molecule has 96 valence electrons. The van der Waals surface area contributed by atoms with Crippen molar-refractivity contribution in [1.29, 1.82) is 0 Å². The van der Waals surface area contributed by atoms with Crippen molar-refractivity contribution in [2.75, 3.05) is 0 Å². The highest BCUT2D eigenvalue weighted by Crippen LogP contribution is 2.27. The molecule has 0 spiro atoms. The quantitative estimate of drug-likeness (QED) is 0.823. The summed E-state index contributed by atoms with van der Waals surface area (Å²) in [6.07, 6.45) is 0.923. The Morgan fingerprint density at radius 1 is 1.28 bits per heavy atom.